The number of amides is 1. The minimum atomic E-state index is -0.0991. The predicted octanol–water partition coefficient (Wildman–Crippen LogP) is 4.46. The highest BCUT2D eigenvalue weighted by atomic mass is 16.5. The molecule has 1 aromatic heterocycles. The molecule has 0 spiro atoms. The van der Waals surface area contributed by atoms with E-state index >= 15 is 0 Å². The summed E-state index contributed by atoms with van der Waals surface area (Å²) in [5.41, 5.74) is 3.24. The summed E-state index contributed by atoms with van der Waals surface area (Å²) in [6.07, 6.45) is 8.75. The molecule has 1 amide bonds. The Kier molecular flexibility index (Phi) is 7.99. The Morgan fingerprint density at radius 1 is 1.28 bits per heavy atom. The average Bonchev–Trinajstić information content (AvgIpc) is 2.76. The monoisotopic (exact) mass is 398 g/mol. The molecule has 0 atom stereocenters. The Morgan fingerprint density at radius 3 is 2.86 bits per heavy atom. The zero-order valence-corrected chi connectivity index (χ0v) is 17.5. The summed E-state index contributed by atoms with van der Waals surface area (Å²) in [5.74, 6) is 1.01. The van der Waals surface area contributed by atoms with Crippen LogP contribution in [0.5, 0.6) is 0 Å². The van der Waals surface area contributed by atoms with Crippen molar-refractivity contribution in [1.29, 1.82) is 0 Å². The third-order valence-electron chi connectivity index (χ3n) is 5.41. The number of ether oxygens (including phenoxy) is 1. The number of aryl methyl sites for hydroxylation is 1. The topological polar surface area (TPSA) is 76.1 Å². The lowest BCUT2D eigenvalue weighted by molar-refractivity contribution is 0.0943. The number of hydrogen-bond acceptors (Lipinski definition) is 5. The molecule has 0 unspecified atom stereocenters. The van der Waals surface area contributed by atoms with Crippen LogP contribution in [-0.2, 0) is 4.74 Å². The average molecular weight is 399 g/mol. The zero-order chi connectivity index (χ0) is 20.5. The van der Waals surface area contributed by atoms with Crippen LogP contribution in [0.15, 0.2) is 30.5 Å². The molecular weight excluding hydrogens is 364 g/mol. The van der Waals surface area contributed by atoms with E-state index in [0.29, 0.717) is 36.3 Å². The van der Waals surface area contributed by atoms with E-state index in [1.54, 1.807) is 13.3 Å². The molecule has 0 aliphatic heterocycles. The number of nitrogens with one attached hydrogen (secondary N) is 2. The van der Waals surface area contributed by atoms with E-state index in [4.69, 9.17) is 4.74 Å². The van der Waals surface area contributed by atoms with E-state index in [0.717, 1.165) is 24.1 Å². The lowest BCUT2D eigenvalue weighted by Crippen LogP contribution is -2.31. The second-order valence-electron chi connectivity index (χ2n) is 7.81. The van der Waals surface area contributed by atoms with Crippen LogP contribution in [0.4, 0.5) is 5.95 Å². The van der Waals surface area contributed by atoms with Crippen molar-refractivity contribution in [2.24, 2.45) is 5.92 Å². The number of carbonyl (C=O) groups excluding carboxylic acids is 1. The van der Waals surface area contributed by atoms with Gasteiger partial charge in [-0.1, -0.05) is 43.0 Å². The minimum Gasteiger partial charge on any atom is -0.385 e. The Bertz CT molecular complexity index is 810. The summed E-state index contributed by atoms with van der Waals surface area (Å²) >= 11 is 0. The van der Waals surface area contributed by atoms with Crippen LogP contribution < -0.4 is 10.6 Å². The Balaban J connectivity index is 0.00000320. The van der Waals surface area contributed by atoms with Gasteiger partial charge in [0.15, 0.2) is 0 Å². The number of rotatable bonds is 9. The van der Waals surface area contributed by atoms with Gasteiger partial charge in [-0.2, -0.15) is 0 Å². The third kappa shape index (κ3) is 6.26. The van der Waals surface area contributed by atoms with Gasteiger partial charge in [-0.3, -0.25) is 4.79 Å². The Hall–Kier alpha value is -2.47. The van der Waals surface area contributed by atoms with Crippen molar-refractivity contribution in [3.05, 3.63) is 41.6 Å². The molecule has 158 valence electrons. The number of hydrogen-bond donors (Lipinski definition) is 2. The van der Waals surface area contributed by atoms with Gasteiger partial charge in [0.2, 0.25) is 5.95 Å². The van der Waals surface area contributed by atoms with Crippen molar-refractivity contribution in [2.75, 3.05) is 32.1 Å². The number of benzene rings is 1. The maximum absolute atomic E-state index is 12.9. The summed E-state index contributed by atoms with van der Waals surface area (Å²) in [5, 5.41) is 6.34. The molecule has 1 aromatic carbocycles. The van der Waals surface area contributed by atoms with Crippen molar-refractivity contribution in [1.82, 2.24) is 15.3 Å². The quantitative estimate of drug-likeness (QED) is 0.610. The maximum atomic E-state index is 12.9. The summed E-state index contributed by atoms with van der Waals surface area (Å²) < 4.78 is 5.08. The molecule has 2 aromatic rings. The lowest BCUT2D eigenvalue weighted by atomic mass is 9.89. The van der Waals surface area contributed by atoms with Crippen LogP contribution in [0, 0.1) is 12.8 Å². The largest absolute Gasteiger partial charge is 0.385 e. The smallest absolute Gasteiger partial charge is 0.255 e. The molecule has 0 bridgehead atoms. The summed E-state index contributed by atoms with van der Waals surface area (Å²) in [6, 6.07) is 8.07. The number of nitrogens with zero attached hydrogens (tertiary/aromatic N) is 2. The summed E-state index contributed by atoms with van der Waals surface area (Å²) in [7, 11) is 1.69. The molecule has 6 nitrogen and oxygen atoms in total. The predicted molar refractivity (Wildman–Crippen MR) is 118 cm³/mol. The molecule has 0 radical (unpaired) electrons. The van der Waals surface area contributed by atoms with E-state index < -0.39 is 0 Å². The first-order chi connectivity index (χ1) is 14.2. The van der Waals surface area contributed by atoms with Gasteiger partial charge in [0, 0.05) is 40.0 Å². The van der Waals surface area contributed by atoms with E-state index in [2.05, 4.69) is 26.7 Å². The Morgan fingerprint density at radius 2 is 2.10 bits per heavy atom. The molecule has 1 heterocycles. The van der Waals surface area contributed by atoms with Crippen LogP contribution in [0.25, 0.3) is 11.3 Å². The number of aromatic nitrogens is 2. The molecule has 29 heavy (non-hydrogen) atoms. The highest BCUT2D eigenvalue weighted by Gasteiger charge is 2.19. The summed E-state index contributed by atoms with van der Waals surface area (Å²) in [6.45, 7) is 4.16. The van der Waals surface area contributed by atoms with Crippen molar-refractivity contribution in [3.8, 4) is 11.3 Å². The van der Waals surface area contributed by atoms with E-state index in [-0.39, 0.29) is 7.33 Å². The highest BCUT2D eigenvalue weighted by molar-refractivity contribution is 5.99. The van der Waals surface area contributed by atoms with Gasteiger partial charge in [0.1, 0.15) is 0 Å². The molecule has 1 aliphatic carbocycles. The van der Waals surface area contributed by atoms with Gasteiger partial charge in [-0.25, -0.2) is 9.97 Å². The van der Waals surface area contributed by atoms with Crippen molar-refractivity contribution < 1.29 is 11.0 Å². The molecule has 1 fully saturated rings. The number of anilines is 1. The van der Waals surface area contributed by atoms with Gasteiger partial charge in [0.05, 0.1) is 11.3 Å². The minimum absolute atomic E-state index is 0. The highest BCUT2D eigenvalue weighted by Crippen LogP contribution is 2.25. The molecule has 2 N–H and O–H groups in total. The third-order valence-corrected chi connectivity index (χ3v) is 5.41. The first-order valence-corrected chi connectivity index (χ1v) is 10.6. The standard InChI is InChI=1S/C23H32N4O2.H2/c1-17-8-6-11-19(14-17)21-20(16-26-23(27-21)24-12-7-13-29-2)22(28)25-15-18-9-4-3-5-10-18;/h6,8,11,14,16,18H,3-5,7,9-10,12-13,15H2,1-2H3,(H,25,28)(H,24,26,27);1H. The van der Waals surface area contributed by atoms with E-state index in [1.165, 1.54) is 32.1 Å². The SMILES string of the molecule is COCCCNc1ncc(C(=O)NCC2CCCCC2)c(-c2cccc(C)c2)n1.[HH]. The van der Waals surface area contributed by atoms with Crippen LogP contribution in [0.3, 0.4) is 0 Å². The van der Waals surface area contributed by atoms with Gasteiger partial charge in [-0.15, -0.1) is 0 Å². The second kappa shape index (κ2) is 10.9. The molecular formula is C23H34N4O2. The first kappa shape index (κ1) is 21.2. The molecule has 1 aliphatic rings. The van der Waals surface area contributed by atoms with Crippen LogP contribution >= 0.6 is 0 Å². The van der Waals surface area contributed by atoms with Gasteiger partial charge >= 0.3 is 0 Å². The van der Waals surface area contributed by atoms with Crippen LogP contribution in [-0.4, -0.2) is 42.7 Å². The van der Waals surface area contributed by atoms with Crippen molar-refractivity contribution in [3.63, 3.8) is 0 Å². The van der Waals surface area contributed by atoms with E-state index in [1.807, 2.05) is 25.1 Å². The zero-order valence-electron chi connectivity index (χ0n) is 17.5. The van der Waals surface area contributed by atoms with Gasteiger partial charge in [0.25, 0.3) is 5.91 Å². The first-order valence-electron chi connectivity index (χ1n) is 10.6. The fraction of sp³-hybridized carbons (Fsp3) is 0.522. The molecule has 6 heteroatoms. The van der Waals surface area contributed by atoms with Crippen molar-refractivity contribution >= 4 is 11.9 Å². The van der Waals surface area contributed by atoms with E-state index in [9.17, 15) is 4.79 Å². The maximum Gasteiger partial charge on any atom is 0.255 e. The van der Waals surface area contributed by atoms with Crippen molar-refractivity contribution in [2.45, 2.75) is 45.4 Å². The van der Waals surface area contributed by atoms with Crippen LogP contribution in [0.2, 0.25) is 0 Å². The molecule has 3 rings (SSSR count). The van der Waals surface area contributed by atoms with Crippen LogP contribution in [0.1, 0.15) is 55.9 Å². The lowest BCUT2D eigenvalue weighted by Gasteiger charge is -2.22. The Labute approximate surface area is 175 Å². The molecule has 0 saturated heterocycles. The molecule has 1 saturated carbocycles. The normalized spacial score (nSPS) is 14.6. The second-order valence-corrected chi connectivity index (χ2v) is 7.81. The summed E-state index contributed by atoms with van der Waals surface area (Å²) in [4.78, 5) is 22.0. The number of methoxy groups -OCH3 is 1. The van der Waals surface area contributed by atoms with Gasteiger partial charge < -0.3 is 15.4 Å². The fourth-order valence-electron chi connectivity index (χ4n) is 3.79. The number of carbonyl (C=O) groups is 1. The fourth-order valence-corrected chi connectivity index (χ4v) is 3.79. The van der Waals surface area contributed by atoms with Gasteiger partial charge in [-0.05, 0) is 38.2 Å².